The van der Waals surface area contributed by atoms with E-state index in [0.717, 1.165) is 56.0 Å². The van der Waals surface area contributed by atoms with Gasteiger partial charge in [-0.05, 0) is 95.2 Å². The maximum absolute atomic E-state index is 5.72. The second-order valence-corrected chi connectivity index (χ2v) is 18.5. The third-order valence-electron chi connectivity index (χ3n) is 13.6. The number of nitrogens with zero attached hydrogens (tertiary/aromatic N) is 4. The standard InChI is InChI=1S/C61H38N4S/c1-37-59(38-16-4-2-5-17-38)62-61(63-60(37)43-28-29-48-46-24-12-14-26-52(46)64(54(48)33-43)44-22-6-3-7-23-44)51-35-45(36-57-58(51)50-31-40-19-9-11-21-42(40)34-56(50)66-57)65-53-27-15-13-25-47(53)49-30-39-18-8-10-20-41(39)32-55(49)65/h2-36H,1H3. The maximum Gasteiger partial charge on any atom is 0.161 e. The molecule has 0 radical (unpaired) electrons. The summed E-state index contributed by atoms with van der Waals surface area (Å²) < 4.78 is 7.27. The Labute approximate surface area is 383 Å². The van der Waals surface area contributed by atoms with Crippen LogP contribution in [0.1, 0.15) is 5.56 Å². The lowest BCUT2D eigenvalue weighted by molar-refractivity contribution is 1.14. The minimum Gasteiger partial charge on any atom is -0.309 e. The monoisotopic (exact) mass is 858 g/mol. The molecule has 66 heavy (non-hydrogen) atoms. The highest BCUT2D eigenvalue weighted by atomic mass is 32.1. The number of benzene rings is 10. The summed E-state index contributed by atoms with van der Waals surface area (Å²) >= 11 is 1.85. The Hall–Kier alpha value is -8.38. The highest BCUT2D eigenvalue weighted by Gasteiger charge is 2.23. The van der Waals surface area contributed by atoms with Crippen molar-refractivity contribution in [1.82, 2.24) is 19.1 Å². The quantitative estimate of drug-likeness (QED) is 0.173. The van der Waals surface area contributed by atoms with Crippen LogP contribution in [0.4, 0.5) is 0 Å². The molecule has 0 N–H and O–H groups in total. The van der Waals surface area contributed by atoms with E-state index in [-0.39, 0.29) is 0 Å². The molecule has 14 aromatic rings. The topological polar surface area (TPSA) is 35.6 Å². The second-order valence-electron chi connectivity index (χ2n) is 17.4. The molecule has 0 unspecified atom stereocenters. The van der Waals surface area contributed by atoms with Crippen LogP contribution in [0.3, 0.4) is 0 Å². The summed E-state index contributed by atoms with van der Waals surface area (Å²) in [5.41, 5.74) is 12.8. The molecule has 308 valence electrons. The molecular weight excluding hydrogens is 821 g/mol. The molecule has 0 aliphatic heterocycles. The largest absolute Gasteiger partial charge is 0.309 e. The SMILES string of the molecule is Cc1c(-c2ccccc2)nc(-c2cc(-n3c4ccccc4c4cc5ccccc5cc43)cc3sc4cc5ccccc5cc4c23)nc1-c1ccc2c3ccccc3n(-c3ccccc3)c2c1. The predicted molar refractivity (Wildman–Crippen MR) is 280 cm³/mol. The highest BCUT2D eigenvalue weighted by molar-refractivity contribution is 7.26. The van der Waals surface area contributed by atoms with E-state index in [1.807, 2.05) is 11.3 Å². The molecule has 4 nitrogen and oxygen atoms in total. The van der Waals surface area contributed by atoms with E-state index in [2.05, 4.69) is 228 Å². The third-order valence-corrected chi connectivity index (χ3v) is 14.7. The summed E-state index contributed by atoms with van der Waals surface area (Å²) in [5.74, 6) is 0.698. The fourth-order valence-electron chi connectivity index (χ4n) is 10.6. The Bertz CT molecular complexity index is 4290. The molecule has 0 atom stereocenters. The number of hydrogen-bond acceptors (Lipinski definition) is 3. The first kappa shape index (κ1) is 37.0. The molecule has 0 fully saturated rings. The van der Waals surface area contributed by atoms with Crippen LogP contribution >= 0.6 is 11.3 Å². The van der Waals surface area contributed by atoms with Crippen molar-refractivity contribution in [3.05, 3.63) is 218 Å². The van der Waals surface area contributed by atoms with Crippen molar-refractivity contribution >= 4 is 96.7 Å². The fourth-order valence-corrected chi connectivity index (χ4v) is 11.8. The van der Waals surface area contributed by atoms with Gasteiger partial charge in [-0.3, -0.25) is 0 Å². The van der Waals surface area contributed by atoms with Gasteiger partial charge in [0.15, 0.2) is 5.82 Å². The molecule has 0 saturated carbocycles. The summed E-state index contributed by atoms with van der Waals surface area (Å²) in [7, 11) is 0. The van der Waals surface area contributed by atoms with Crippen molar-refractivity contribution in [2.45, 2.75) is 6.92 Å². The van der Waals surface area contributed by atoms with Gasteiger partial charge in [0.05, 0.1) is 33.5 Å². The molecule has 0 spiro atoms. The summed E-state index contributed by atoms with van der Waals surface area (Å²) in [5, 5.41) is 12.2. The summed E-state index contributed by atoms with van der Waals surface area (Å²) in [6, 6.07) is 77.2. The van der Waals surface area contributed by atoms with Crippen LogP contribution in [0.25, 0.3) is 131 Å². The second kappa shape index (κ2) is 14.3. The molecule has 0 saturated heterocycles. The van der Waals surface area contributed by atoms with Crippen molar-refractivity contribution in [3.63, 3.8) is 0 Å². The van der Waals surface area contributed by atoms with Crippen molar-refractivity contribution in [2.24, 2.45) is 0 Å². The predicted octanol–water partition coefficient (Wildman–Crippen LogP) is 16.7. The van der Waals surface area contributed by atoms with E-state index < -0.39 is 0 Å². The first-order chi connectivity index (χ1) is 32.6. The molecule has 0 aliphatic carbocycles. The van der Waals surface area contributed by atoms with E-state index in [9.17, 15) is 0 Å². The van der Waals surface area contributed by atoms with Crippen LogP contribution < -0.4 is 0 Å². The molecule has 5 heteroatoms. The van der Waals surface area contributed by atoms with Crippen LogP contribution in [0, 0.1) is 6.92 Å². The van der Waals surface area contributed by atoms with E-state index in [0.29, 0.717) is 5.82 Å². The van der Waals surface area contributed by atoms with Gasteiger partial charge in [0.25, 0.3) is 0 Å². The van der Waals surface area contributed by atoms with Gasteiger partial charge in [0.1, 0.15) is 0 Å². The van der Waals surface area contributed by atoms with Gasteiger partial charge in [0, 0.05) is 75.3 Å². The van der Waals surface area contributed by atoms with E-state index in [4.69, 9.17) is 9.97 Å². The van der Waals surface area contributed by atoms with Gasteiger partial charge < -0.3 is 9.13 Å². The van der Waals surface area contributed by atoms with Crippen molar-refractivity contribution in [3.8, 4) is 45.3 Å². The summed E-state index contributed by atoms with van der Waals surface area (Å²) in [4.78, 5) is 11.4. The van der Waals surface area contributed by atoms with Gasteiger partial charge in [-0.1, -0.05) is 146 Å². The smallest absolute Gasteiger partial charge is 0.161 e. The lowest BCUT2D eigenvalue weighted by atomic mass is 9.98. The Morgan fingerprint density at radius 2 is 0.894 bits per heavy atom. The summed E-state index contributed by atoms with van der Waals surface area (Å²) in [6.07, 6.45) is 0. The molecule has 14 rings (SSSR count). The molecule has 4 heterocycles. The van der Waals surface area contributed by atoms with E-state index in [1.165, 1.54) is 74.3 Å². The van der Waals surface area contributed by atoms with Crippen LogP contribution in [0.2, 0.25) is 0 Å². The normalized spacial score (nSPS) is 12.0. The first-order valence-electron chi connectivity index (χ1n) is 22.5. The van der Waals surface area contributed by atoms with Crippen molar-refractivity contribution in [1.29, 1.82) is 0 Å². The molecule has 0 amide bonds. The third kappa shape index (κ3) is 5.57. The van der Waals surface area contributed by atoms with Gasteiger partial charge in [0.2, 0.25) is 0 Å². The van der Waals surface area contributed by atoms with Crippen molar-refractivity contribution < 1.29 is 0 Å². The zero-order valence-corrected chi connectivity index (χ0v) is 36.7. The number of rotatable bonds is 5. The number of aromatic nitrogens is 4. The Balaban J connectivity index is 1.09. The summed E-state index contributed by atoms with van der Waals surface area (Å²) in [6.45, 7) is 2.18. The zero-order valence-electron chi connectivity index (χ0n) is 35.9. The van der Waals surface area contributed by atoms with Gasteiger partial charge in [-0.2, -0.15) is 0 Å². The first-order valence-corrected chi connectivity index (χ1v) is 23.3. The van der Waals surface area contributed by atoms with Crippen LogP contribution in [-0.4, -0.2) is 19.1 Å². The Morgan fingerprint density at radius 1 is 0.364 bits per heavy atom. The van der Waals surface area contributed by atoms with E-state index >= 15 is 0 Å². The minimum atomic E-state index is 0.698. The Morgan fingerprint density at radius 3 is 1.61 bits per heavy atom. The molecule has 0 bridgehead atoms. The number of fused-ring (bicyclic) bond motifs is 11. The fraction of sp³-hybridized carbons (Fsp3) is 0.0164. The number of thiophene rings is 1. The van der Waals surface area contributed by atoms with Crippen LogP contribution in [-0.2, 0) is 0 Å². The van der Waals surface area contributed by atoms with Crippen LogP contribution in [0.15, 0.2) is 212 Å². The van der Waals surface area contributed by atoms with Gasteiger partial charge >= 0.3 is 0 Å². The lowest BCUT2D eigenvalue weighted by Gasteiger charge is -2.16. The van der Waals surface area contributed by atoms with Crippen LogP contribution in [0.5, 0.6) is 0 Å². The molecule has 10 aromatic carbocycles. The lowest BCUT2D eigenvalue weighted by Crippen LogP contribution is -2.02. The van der Waals surface area contributed by atoms with E-state index in [1.54, 1.807) is 0 Å². The maximum atomic E-state index is 5.72. The van der Waals surface area contributed by atoms with Gasteiger partial charge in [-0.25, -0.2) is 9.97 Å². The average molecular weight is 859 g/mol. The highest BCUT2D eigenvalue weighted by Crippen LogP contribution is 2.46. The molecule has 0 aliphatic rings. The van der Waals surface area contributed by atoms with Gasteiger partial charge in [-0.15, -0.1) is 11.3 Å². The molecule has 4 aromatic heterocycles. The van der Waals surface area contributed by atoms with Crippen molar-refractivity contribution in [2.75, 3.05) is 0 Å². The number of para-hydroxylation sites is 3. The molecular formula is C61H38N4S. The zero-order chi connectivity index (χ0) is 43.5. The Kier molecular flexibility index (Phi) is 8.03. The average Bonchev–Trinajstić information content (AvgIpc) is 4.01. The minimum absolute atomic E-state index is 0.698. The number of hydrogen-bond donors (Lipinski definition) is 0.